The van der Waals surface area contributed by atoms with E-state index in [0.717, 1.165) is 0 Å². The molecule has 1 atom stereocenters. The minimum atomic E-state index is -3.21. The van der Waals surface area contributed by atoms with Gasteiger partial charge in [0, 0.05) is 12.5 Å². The van der Waals surface area contributed by atoms with Crippen LogP contribution in [0.2, 0.25) is 0 Å². The summed E-state index contributed by atoms with van der Waals surface area (Å²) in [5, 5.41) is -0.360. The quantitative estimate of drug-likeness (QED) is 0.412. The predicted molar refractivity (Wildman–Crippen MR) is 31.2 cm³/mol. The average Bonchev–Trinajstić information content (AvgIpc) is 2.10. The molecule has 0 aliphatic carbocycles. The molecule has 0 bridgehead atoms. The Morgan fingerprint density at radius 2 is 2.20 bits per heavy atom. The number of hydrogen-bond acceptors (Lipinski definition) is 1. The van der Waals surface area contributed by atoms with Gasteiger partial charge in [0.1, 0.15) is 0 Å². The van der Waals surface area contributed by atoms with Crippen molar-refractivity contribution in [2.45, 2.75) is 25.8 Å². The number of rotatable bonds is 1. The fourth-order valence-corrected chi connectivity index (χ4v) is 1.24. The van der Waals surface area contributed by atoms with E-state index in [0.29, 0.717) is 6.42 Å². The van der Waals surface area contributed by atoms with E-state index in [4.69, 9.17) is 0 Å². The van der Waals surface area contributed by atoms with E-state index >= 15 is 0 Å². The maximum absolute atomic E-state index is 12.6. The zero-order valence-electron chi connectivity index (χ0n) is 5.78. The maximum atomic E-state index is 12.6. The Bertz CT molecular complexity index is 126. The van der Waals surface area contributed by atoms with Gasteiger partial charge in [-0.05, 0) is 12.8 Å². The van der Waals surface area contributed by atoms with E-state index in [1.54, 1.807) is 6.92 Å². The largest absolute Gasteiger partial charge is 0.332 e. The van der Waals surface area contributed by atoms with Crippen molar-refractivity contribution in [3.8, 4) is 0 Å². The SMILES string of the molecule is CCC1CCN(F)C1(F)F. The summed E-state index contributed by atoms with van der Waals surface area (Å²) >= 11 is 0. The smallest absolute Gasteiger partial charge is 0.186 e. The van der Waals surface area contributed by atoms with Crippen LogP contribution in [-0.4, -0.2) is 17.7 Å². The highest BCUT2D eigenvalue weighted by molar-refractivity contribution is 4.80. The molecule has 0 saturated carbocycles. The maximum Gasteiger partial charge on any atom is 0.332 e. The van der Waals surface area contributed by atoms with Crippen LogP contribution in [0.25, 0.3) is 0 Å². The summed E-state index contributed by atoms with van der Waals surface area (Å²) in [7, 11) is 0. The second-order valence-corrected chi connectivity index (χ2v) is 2.57. The van der Waals surface area contributed by atoms with Crippen molar-refractivity contribution in [3.05, 3.63) is 0 Å². The first-order valence-corrected chi connectivity index (χ1v) is 3.40. The van der Waals surface area contributed by atoms with Gasteiger partial charge in [-0.1, -0.05) is 12.0 Å². The molecule has 1 nitrogen and oxygen atoms in total. The molecule has 1 unspecified atom stereocenters. The fraction of sp³-hybridized carbons (Fsp3) is 1.00. The first kappa shape index (κ1) is 7.85. The molecular weight excluding hydrogens is 143 g/mol. The van der Waals surface area contributed by atoms with E-state index < -0.39 is 12.0 Å². The number of halogens is 3. The van der Waals surface area contributed by atoms with Gasteiger partial charge in [0.25, 0.3) is 0 Å². The van der Waals surface area contributed by atoms with Gasteiger partial charge >= 0.3 is 6.05 Å². The van der Waals surface area contributed by atoms with Gasteiger partial charge in [0.05, 0.1) is 0 Å². The van der Waals surface area contributed by atoms with Gasteiger partial charge in [0.2, 0.25) is 0 Å². The van der Waals surface area contributed by atoms with Crippen LogP contribution in [0.4, 0.5) is 13.3 Å². The summed E-state index contributed by atoms with van der Waals surface area (Å²) < 4.78 is 37.3. The first-order valence-electron chi connectivity index (χ1n) is 3.40. The second kappa shape index (κ2) is 2.42. The van der Waals surface area contributed by atoms with Crippen LogP contribution in [0.3, 0.4) is 0 Å². The average molecular weight is 153 g/mol. The molecule has 1 fully saturated rings. The minimum absolute atomic E-state index is 0.133. The lowest BCUT2D eigenvalue weighted by atomic mass is 10.0. The van der Waals surface area contributed by atoms with Crippen LogP contribution in [0, 0.1) is 5.92 Å². The Hall–Kier alpha value is -0.250. The first-order chi connectivity index (χ1) is 4.59. The normalized spacial score (nSPS) is 33.0. The summed E-state index contributed by atoms with van der Waals surface area (Å²) in [5.74, 6) is -0.794. The molecule has 0 aromatic carbocycles. The molecule has 0 aromatic heterocycles. The lowest BCUT2D eigenvalue weighted by Gasteiger charge is -2.19. The van der Waals surface area contributed by atoms with Crippen LogP contribution in [0.15, 0.2) is 0 Å². The van der Waals surface area contributed by atoms with Gasteiger partial charge in [-0.25, -0.2) is 0 Å². The highest BCUT2D eigenvalue weighted by atomic mass is 19.3. The van der Waals surface area contributed by atoms with Crippen molar-refractivity contribution < 1.29 is 13.3 Å². The van der Waals surface area contributed by atoms with Crippen LogP contribution in [0.5, 0.6) is 0 Å². The van der Waals surface area contributed by atoms with E-state index in [-0.39, 0.29) is 18.1 Å². The van der Waals surface area contributed by atoms with Crippen molar-refractivity contribution in [1.82, 2.24) is 5.12 Å². The van der Waals surface area contributed by atoms with Gasteiger partial charge in [-0.2, -0.15) is 8.78 Å². The molecule has 1 aliphatic rings. The van der Waals surface area contributed by atoms with Crippen molar-refractivity contribution in [2.24, 2.45) is 5.92 Å². The standard InChI is InChI=1S/C6H10F3N/c1-2-5-3-4-10(9)6(5,7)8/h5H,2-4H2,1H3. The highest BCUT2D eigenvalue weighted by Crippen LogP contribution is 2.39. The van der Waals surface area contributed by atoms with E-state index in [9.17, 15) is 13.3 Å². The molecule has 1 aliphatic heterocycles. The topological polar surface area (TPSA) is 3.24 Å². The van der Waals surface area contributed by atoms with E-state index in [1.165, 1.54) is 0 Å². The summed E-state index contributed by atoms with van der Waals surface area (Å²) in [6.07, 6.45) is 0.605. The zero-order chi connectivity index (χ0) is 7.78. The van der Waals surface area contributed by atoms with E-state index in [1.807, 2.05) is 0 Å². The van der Waals surface area contributed by atoms with Crippen LogP contribution < -0.4 is 0 Å². The number of alkyl halides is 2. The zero-order valence-corrected chi connectivity index (χ0v) is 5.78. The van der Waals surface area contributed by atoms with Crippen molar-refractivity contribution in [3.63, 3.8) is 0 Å². The minimum Gasteiger partial charge on any atom is -0.186 e. The van der Waals surface area contributed by atoms with Crippen LogP contribution in [-0.2, 0) is 0 Å². The lowest BCUT2D eigenvalue weighted by molar-refractivity contribution is -0.229. The van der Waals surface area contributed by atoms with Crippen LogP contribution in [0.1, 0.15) is 19.8 Å². The second-order valence-electron chi connectivity index (χ2n) is 2.57. The summed E-state index contributed by atoms with van der Waals surface area (Å²) in [4.78, 5) is 0. The molecular formula is C6H10F3N. The van der Waals surface area contributed by atoms with Crippen LogP contribution >= 0.6 is 0 Å². The number of hydrogen-bond donors (Lipinski definition) is 0. The molecule has 1 saturated heterocycles. The monoisotopic (exact) mass is 153 g/mol. The molecule has 0 aromatic rings. The fourth-order valence-electron chi connectivity index (χ4n) is 1.24. The van der Waals surface area contributed by atoms with Crippen molar-refractivity contribution in [2.75, 3.05) is 6.54 Å². The molecule has 1 rings (SSSR count). The van der Waals surface area contributed by atoms with Gasteiger partial charge in [-0.15, -0.1) is 4.48 Å². The molecule has 0 radical (unpaired) electrons. The van der Waals surface area contributed by atoms with Gasteiger partial charge in [-0.3, -0.25) is 0 Å². The van der Waals surface area contributed by atoms with Gasteiger partial charge < -0.3 is 0 Å². The summed E-state index contributed by atoms with van der Waals surface area (Å²) in [5.41, 5.74) is 0. The Kier molecular flexibility index (Phi) is 1.90. The third kappa shape index (κ3) is 1.00. The Morgan fingerprint density at radius 3 is 2.40 bits per heavy atom. The summed E-state index contributed by atoms with van der Waals surface area (Å²) in [6, 6.07) is -3.21. The molecule has 4 heteroatoms. The van der Waals surface area contributed by atoms with Gasteiger partial charge in [0.15, 0.2) is 0 Å². The summed E-state index contributed by atoms with van der Waals surface area (Å²) in [6.45, 7) is 1.52. The molecule has 0 spiro atoms. The Morgan fingerprint density at radius 1 is 1.60 bits per heavy atom. The third-order valence-electron chi connectivity index (χ3n) is 1.98. The van der Waals surface area contributed by atoms with E-state index in [2.05, 4.69) is 0 Å². The molecule has 0 N–H and O–H groups in total. The van der Waals surface area contributed by atoms with Crippen molar-refractivity contribution in [1.29, 1.82) is 0 Å². The Balaban J connectivity index is 2.64. The van der Waals surface area contributed by atoms with Crippen molar-refractivity contribution >= 4 is 0 Å². The third-order valence-corrected chi connectivity index (χ3v) is 1.98. The number of nitrogens with zero attached hydrogens (tertiary/aromatic N) is 1. The predicted octanol–water partition coefficient (Wildman–Crippen LogP) is 2.20. The highest BCUT2D eigenvalue weighted by Gasteiger charge is 2.50. The molecule has 1 heterocycles. The Labute approximate surface area is 57.7 Å². The molecule has 10 heavy (non-hydrogen) atoms. The lowest BCUT2D eigenvalue weighted by Crippen LogP contribution is -2.33. The molecule has 60 valence electrons. The molecule has 0 amide bonds.